The van der Waals surface area contributed by atoms with Crippen molar-refractivity contribution in [1.82, 2.24) is 10.5 Å². The van der Waals surface area contributed by atoms with E-state index in [1.807, 2.05) is 30.3 Å². The highest BCUT2D eigenvalue weighted by Crippen LogP contribution is 2.25. The molecule has 134 valence electrons. The summed E-state index contributed by atoms with van der Waals surface area (Å²) in [6.07, 6.45) is 1.02. The third-order valence-corrected chi connectivity index (χ3v) is 4.28. The Morgan fingerprint density at radius 2 is 2.16 bits per heavy atom. The van der Waals surface area contributed by atoms with E-state index in [2.05, 4.69) is 10.5 Å². The molecule has 0 saturated heterocycles. The van der Waals surface area contributed by atoms with Crippen LogP contribution < -0.4 is 14.8 Å². The van der Waals surface area contributed by atoms with Crippen LogP contribution in [0.2, 0.25) is 0 Å². The minimum atomic E-state index is -0.727. The summed E-state index contributed by atoms with van der Waals surface area (Å²) in [5.74, 6) is 1.56. The molecule has 1 aromatic carbocycles. The molecule has 1 amide bonds. The molecular formula is C18H22N2O5. The first-order chi connectivity index (χ1) is 12.2. The second kappa shape index (κ2) is 8.02. The molecule has 0 spiro atoms. The molecule has 0 radical (unpaired) electrons. The molecule has 0 bridgehead atoms. The van der Waals surface area contributed by atoms with E-state index in [1.165, 1.54) is 7.11 Å². The number of aryl methyl sites for hydroxylation is 1. The molecule has 7 heteroatoms. The minimum absolute atomic E-state index is 0.139. The van der Waals surface area contributed by atoms with Gasteiger partial charge in [0.25, 0.3) is 5.88 Å². The number of aromatic nitrogens is 1. The molecule has 25 heavy (non-hydrogen) atoms. The van der Waals surface area contributed by atoms with Gasteiger partial charge in [-0.2, -0.15) is 0 Å². The first-order valence-corrected chi connectivity index (χ1v) is 8.34. The highest BCUT2D eigenvalue weighted by Gasteiger charge is 2.37. The lowest BCUT2D eigenvalue weighted by atomic mass is 10.1. The molecule has 1 aliphatic rings. The van der Waals surface area contributed by atoms with Crippen molar-refractivity contribution in [1.29, 1.82) is 0 Å². The monoisotopic (exact) mass is 346 g/mol. The molecule has 2 aromatic rings. The van der Waals surface area contributed by atoms with Crippen LogP contribution in [0.15, 0.2) is 40.9 Å². The summed E-state index contributed by atoms with van der Waals surface area (Å²) in [6, 6.07) is 10.7. The van der Waals surface area contributed by atoms with Gasteiger partial charge in [-0.15, -0.1) is 0 Å². The lowest BCUT2D eigenvalue weighted by Gasteiger charge is -2.21. The van der Waals surface area contributed by atoms with Gasteiger partial charge in [-0.25, -0.2) is 0 Å². The molecule has 1 heterocycles. The normalized spacial score (nSPS) is 22.6. The molecule has 0 unspecified atom stereocenters. The van der Waals surface area contributed by atoms with Crippen LogP contribution in [0.1, 0.15) is 25.0 Å². The minimum Gasteiger partial charge on any atom is -0.488 e. The highest BCUT2D eigenvalue weighted by molar-refractivity contribution is 5.76. The van der Waals surface area contributed by atoms with Gasteiger partial charge in [0.15, 0.2) is 0 Å². The van der Waals surface area contributed by atoms with E-state index < -0.39 is 6.10 Å². The Morgan fingerprint density at radius 3 is 2.88 bits per heavy atom. The van der Waals surface area contributed by atoms with Gasteiger partial charge in [0, 0.05) is 18.9 Å². The van der Waals surface area contributed by atoms with Crippen LogP contribution in [0.25, 0.3) is 0 Å². The molecular weight excluding hydrogens is 324 g/mol. The lowest BCUT2D eigenvalue weighted by molar-refractivity contribution is -0.122. The molecule has 3 rings (SSSR count). The number of para-hydroxylation sites is 1. The number of hydrogen-bond donors (Lipinski definition) is 2. The number of nitrogens with zero attached hydrogens (tertiary/aromatic N) is 1. The summed E-state index contributed by atoms with van der Waals surface area (Å²) < 4.78 is 15.8. The third kappa shape index (κ3) is 4.51. The van der Waals surface area contributed by atoms with E-state index in [0.717, 1.165) is 5.75 Å². The molecule has 1 fully saturated rings. The van der Waals surface area contributed by atoms with Crippen LogP contribution in [-0.4, -0.2) is 41.5 Å². The van der Waals surface area contributed by atoms with Crippen molar-refractivity contribution in [3.05, 3.63) is 42.2 Å². The maximum absolute atomic E-state index is 12.1. The van der Waals surface area contributed by atoms with Gasteiger partial charge in [0.1, 0.15) is 23.7 Å². The summed E-state index contributed by atoms with van der Waals surface area (Å²) in [7, 11) is 1.50. The second-order valence-corrected chi connectivity index (χ2v) is 6.05. The van der Waals surface area contributed by atoms with E-state index in [-0.39, 0.29) is 24.5 Å². The number of aliphatic hydroxyl groups excluding tert-OH is 1. The van der Waals surface area contributed by atoms with Crippen LogP contribution in [-0.2, 0) is 11.2 Å². The number of aliphatic hydroxyl groups is 1. The Hall–Kier alpha value is -2.54. The predicted octanol–water partition coefficient (Wildman–Crippen LogP) is 1.70. The fraction of sp³-hybridized carbons (Fsp3) is 0.444. The van der Waals surface area contributed by atoms with E-state index in [4.69, 9.17) is 14.0 Å². The molecule has 3 atom stereocenters. The Labute approximate surface area is 145 Å². The quantitative estimate of drug-likeness (QED) is 0.793. The summed E-state index contributed by atoms with van der Waals surface area (Å²) in [4.78, 5) is 12.1. The number of hydrogen-bond acceptors (Lipinski definition) is 6. The largest absolute Gasteiger partial charge is 0.488 e. The molecule has 1 saturated carbocycles. The number of amides is 1. The molecule has 1 aromatic heterocycles. The van der Waals surface area contributed by atoms with Gasteiger partial charge in [0.05, 0.1) is 13.2 Å². The zero-order chi connectivity index (χ0) is 17.6. The maximum atomic E-state index is 12.1. The fourth-order valence-electron chi connectivity index (χ4n) is 2.93. The average Bonchev–Trinajstić information content (AvgIpc) is 3.23. The Balaban J connectivity index is 1.45. The van der Waals surface area contributed by atoms with Gasteiger partial charge in [-0.05, 0) is 30.1 Å². The highest BCUT2D eigenvalue weighted by atomic mass is 16.5. The number of benzene rings is 1. The summed E-state index contributed by atoms with van der Waals surface area (Å²) >= 11 is 0. The molecule has 1 aliphatic carbocycles. The van der Waals surface area contributed by atoms with Gasteiger partial charge < -0.3 is 24.4 Å². The zero-order valence-electron chi connectivity index (χ0n) is 14.1. The Morgan fingerprint density at radius 1 is 1.36 bits per heavy atom. The fourth-order valence-corrected chi connectivity index (χ4v) is 2.93. The van der Waals surface area contributed by atoms with Crippen molar-refractivity contribution in [2.75, 3.05) is 7.11 Å². The van der Waals surface area contributed by atoms with Crippen LogP contribution >= 0.6 is 0 Å². The van der Waals surface area contributed by atoms with Gasteiger partial charge >= 0.3 is 0 Å². The van der Waals surface area contributed by atoms with Gasteiger partial charge in [-0.1, -0.05) is 18.2 Å². The third-order valence-electron chi connectivity index (χ3n) is 4.28. The average molecular weight is 346 g/mol. The number of rotatable bonds is 7. The van der Waals surface area contributed by atoms with Gasteiger partial charge in [0.2, 0.25) is 5.91 Å². The summed E-state index contributed by atoms with van der Waals surface area (Å²) in [5.41, 5.74) is 0. The topological polar surface area (TPSA) is 93.8 Å². The van der Waals surface area contributed by atoms with E-state index in [0.29, 0.717) is 30.9 Å². The standard InChI is InChI=1S/C18H22N2O5/c1-23-17-11-13(25-20-17)7-10-16(21)19-14-8-9-15(18(14)22)24-12-5-3-2-4-6-12/h2-6,11,14-15,18,22H,7-10H2,1H3,(H,19,21)/t14-,15-,18-/m1/s1. The van der Waals surface area contributed by atoms with Crippen LogP contribution in [0.3, 0.4) is 0 Å². The van der Waals surface area contributed by atoms with Crippen LogP contribution in [0, 0.1) is 0 Å². The van der Waals surface area contributed by atoms with Crippen molar-refractivity contribution in [3.8, 4) is 11.6 Å². The van der Waals surface area contributed by atoms with Crippen LogP contribution in [0.5, 0.6) is 11.6 Å². The first kappa shape index (κ1) is 17.3. The van der Waals surface area contributed by atoms with Crippen molar-refractivity contribution in [3.63, 3.8) is 0 Å². The molecule has 2 N–H and O–H groups in total. The Kier molecular flexibility index (Phi) is 5.55. The SMILES string of the molecule is COc1cc(CCC(=O)N[C@@H]2CC[C@@H](Oc3ccccc3)[C@@H]2O)on1. The van der Waals surface area contributed by atoms with Crippen molar-refractivity contribution in [2.45, 2.75) is 43.9 Å². The first-order valence-electron chi connectivity index (χ1n) is 8.34. The second-order valence-electron chi connectivity index (χ2n) is 6.05. The lowest BCUT2D eigenvalue weighted by Crippen LogP contribution is -2.44. The zero-order valence-corrected chi connectivity index (χ0v) is 14.1. The number of nitrogens with one attached hydrogen (secondary N) is 1. The van der Waals surface area contributed by atoms with E-state index in [1.54, 1.807) is 6.07 Å². The van der Waals surface area contributed by atoms with Crippen LogP contribution in [0.4, 0.5) is 0 Å². The predicted molar refractivity (Wildman–Crippen MR) is 89.4 cm³/mol. The number of carbonyl (C=O) groups is 1. The maximum Gasteiger partial charge on any atom is 0.254 e. The van der Waals surface area contributed by atoms with Gasteiger partial charge in [-0.3, -0.25) is 4.79 Å². The number of methoxy groups -OCH3 is 1. The van der Waals surface area contributed by atoms with E-state index >= 15 is 0 Å². The Bertz CT molecular complexity index is 688. The summed E-state index contributed by atoms with van der Waals surface area (Å²) in [5, 5.41) is 17.0. The van der Waals surface area contributed by atoms with Crippen molar-refractivity contribution >= 4 is 5.91 Å². The van der Waals surface area contributed by atoms with E-state index in [9.17, 15) is 9.90 Å². The molecule has 0 aliphatic heterocycles. The number of carbonyl (C=O) groups excluding carboxylic acids is 1. The summed E-state index contributed by atoms with van der Waals surface area (Å²) in [6.45, 7) is 0. The molecule has 7 nitrogen and oxygen atoms in total. The number of ether oxygens (including phenoxy) is 2. The van der Waals surface area contributed by atoms with Crippen molar-refractivity contribution in [2.24, 2.45) is 0 Å². The van der Waals surface area contributed by atoms with Crippen molar-refractivity contribution < 1.29 is 23.9 Å². The smallest absolute Gasteiger partial charge is 0.254 e.